The van der Waals surface area contributed by atoms with Gasteiger partial charge in [0.25, 0.3) is 0 Å². The van der Waals surface area contributed by atoms with Gasteiger partial charge < -0.3 is 4.74 Å². The Bertz CT molecular complexity index is 496. The number of carbonyl (C=O) groups is 1. The highest BCUT2D eigenvalue weighted by Crippen LogP contribution is 2.15. The summed E-state index contributed by atoms with van der Waals surface area (Å²) < 4.78 is 5.43. The van der Waals surface area contributed by atoms with Gasteiger partial charge in [-0.25, -0.2) is 0 Å². The molecule has 232 valence electrons. The van der Waals surface area contributed by atoms with Gasteiger partial charge in [-0.1, -0.05) is 174 Å². The number of carbonyl (C=O) groups excluding carboxylic acids is 1. The maximum Gasteiger partial charge on any atom is 0.305 e. The van der Waals surface area contributed by atoms with Crippen LogP contribution in [0.3, 0.4) is 0 Å². The Morgan fingerprint density at radius 2 is 0.897 bits per heavy atom. The van der Waals surface area contributed by atoms with Crippen LogP contribution < -0.4 is 0 Å². The maximum absolute atomic E-state index is 11.9. The third-order valence-corrected chi connectivity index (χ3v) is 8.08. The van der Waals surface area contributed by atoms with E-state index < -0.39 is 0 Å². The molecule has 0 bridgehead atoms. The summed E-state index contributed by atoms with van der Waals surface area (Å²) in [4.78, 5) is 11.9. The summed E-state index contributed by atoms with van der Waals surface area (Å²) in [6, 6.07) is 0. The molecule has 0 aromatic rings. The smallest absolute Gasteiger partial charge is 0.305 e. The topological polar surface area (TPSA) is 26.3 Å². The average molecular weight is 549 g/mol. The predicted molar refractivity (Wildman–Crippen MR) is 175 cm³/mol. The van der Waals surface area contributed by atoms with Crippen LogP contribution in [0.5, 0.6) is 0 Å². The lowest BCUT2D eigenvalue weighted by atomic mass is 10.0. The van der Waals surface area contributed by atoms with Gasteiger partial charge in [-0.3, -0.25) is 4.79 Å². The van der Waals surface area contributed by atoms with Gasteiger partial charge in [0.1, 0.15) is 0 Å². The first-order valence-electron chi connectivity index (χ1n) is 18.0. The maximum atomic E-state index is 11.9. The number of esters is 1. The minimum Gasteiger partial charge on any atom is -0.466 e. The van der Waals surface area contributed by atoms with E-state index in [9.17, 15) is 4.79 Å². The Hall–Kier alpha value is -0.790. The van der Waals surface area contributed by atoms with E-state index >= 15 is 0 Å². The molecule has 0 radical (unpaired) electrons. The number of allylic oxidation sites excluding steroid dienone is 2. The van der Waals surface area contributed by atoms with E-state index in [4.69, 9.17) is 4.74 Å². The molecular weight excluding hydrogens is 476 g/mol. The third-order valence-electron chi connectivity index (χ3n) is 8.08. The standard InChI is InChI=1S/C37H72O2/c1-4-5-6-7-8-9-10-11-12-13-14-15-16-17-18-22-25-28-31-34-37(38)39-35-32-29-26-23-20-19-21-24-27-30-33-36(2)3/h11-12,36H,4-10,13-35H2,1-3H3. The average Bonchev–Trinajstić information content (AvgIpc) is 2.92. The molecule has 0 aliphatic heterocycles. The molecule has 39 heavy (non-hydrogen) atoms. The summed E-state index contributed by atoms with van der Waals surface area (Å²) in [6.45, 7) is 7.56. The Labute approximate surface area is 246 Å². The monoisotopic (exact) mass is 549 g/mol. The highest BCUT2D eigenvalue weighted by Gasteiger charge is 2.03. The van der Waals surface area contributed by atoms with Crippen LogP contribution in [0.15, 0.2) is 12.2 Å². The van der Waals surface area contributed by atoms with Gasteiger partial charge in [-0.05, 0) is 44.4 Å². The first-order chi connectivity index (χ1) is 19.2. The summed E-state index contributed by atoms with van der Waals surface area (Å²) in [5.74, 6) is 0.884. The van der Waals surface area contributed by atoms with E-state index in [-0.39, 0.29) is 5.97 Å². The summed E-state index contributed by atoms with van der Waals surface area (Å²) in [7, 11) is 0. The number of hydrogen-bond acceptors (Lipinski definition) is 2. The van der Waals surface area contributed by atoms with E-state index in [1.165, 1.54) is 167 Å². The summed E-state index contributed by atoms with van der Waals surface area (Å²) >= 11 is 0. The molecule has 0 aromatic heterocycles. The molecular formula is C37H72O2. The fourth-order valence-electron chi connectivity index (χ4n) is 5.37. The van der Waals surface area contributed by atoms with Crippen LogP contribution in [0.1, 0.15) is 207 Å². The Kier molecular flexibility index (Phi) is 32.7. The fourth-order valence-corrected chi connectivity index (χ4v) is 5.37. The van der Waals surface area contributed by atoms with Gasteiger partial charge in [0.15, 0.2) is 0 Å². The van der Waals surface area contributed by atoms with E-state index in [1.807, 2.05) is 0 Å². The van der Waals surface area contributed by atoms with Gasteiger partial charge in [0, 0.05) is 6.42 Å². The van der Waals surface area contributed by atoms with Crippen LogP contribution in [0.25, 0.3) is 0 Å². The highest BCUT2D eigenvalue weighted by molar-refractivity contribution is 5.69. The molecule has 0 aliphatic carbocycles. The number of rotatable bonds is 32. The fraction of sp³-hybridized carbons (Fsp3) is 0.919. The van der Waals surface area contributed by atoms with Crippen molar-refractivity contribution in [2.24, 2.45) is 5.92 Å². The molecule has 0 saturated carbocycles. The van der Waals surface area contributed by atoms with Crippen molar-refractivity contribution in [1.82, 2.24) is 0 Å². The van der Waals surface area contributed by atoms with Crippen molar-refractivity contribution < 1.29 is 9.53 Å². The Morgan fingerprint density at radius 1 is 0.513 bits per heavy atom. The second-order valence-electron chi connectivity index (χ2n) is 12.7. The van der Waals surface area contributed by atoms with Crippen LogP contribution in [-0.4, -0.2) is 12.6 Å². The van der Waals surface area contributed by atoms with E-state index in [0.29, 0.717) is 13.0 Å². The van der Waals surface area contributed by atoms with Crippen LogP contribution in [0.2, 0.25) is 0 Å². The minimum atomic E-state index is 0.0218. The van der Waals surface area contributed by atoms with Gasteiger partial charge in [0.2, 0.25) is 0 Å². The van der Waals surface area contributed by atoms with Crippen molar-refractivity contribution >= 4 is 5.97 Å². The van der Waals surface area contributed by atoms with Crippen LogP contribution in [0.4, 0.5) is 0 Å². The summed E-state index contributed by atoms with van der Waals surface area (Å²) in [6.07, 6.45) is 42.7. The summed E-state index contributed by atoms with van der Waals surface area (Å²) in [5.41, 5.74) is 0. The van der Waals surface area contributed by atoms with Gasteiger partial charge in [0.05, 0.1) is 6.61 Å². The second-order valence-corrected chi connectivity index (χ2v) is 12.7. The van der Waals surface area contributed by atoms with Gasteiger partial charge in [-0.15, -0.1) is 0 Å². The van der Waals surface area contributed by atoms with Crippen molar-refractivity contribution in [1.29, 1.82) is 0 Å². The summed E-state index contributed by atoms with van der Waals surface area (Å²) in [5, 5.41) is 0. The number of ether oxygens (including phenoxy) is 1. The largest absolute Gasteiger partial charge is 0.466 e. The van der Waals surface area contributed by atoms with Gasteiger partial charge >= 0.3 is 5.97 Å². The van der Waals surface area contributed by atoms with Crippen molar-refractivity contribution in [2.75, 3.05) is 6.61 Å². The van der Waals surface area contributed by atoms with Crippen molar-refractivity contribution in [3.63, 3.8) is 0 Å². The van der Waals surface area contributed by atoms with E-state index in [2.05, 4.69) is 32.9 Å². The third kappa shape index (κ3) is 35.2. The zero-order valence-electron chi connectivity index (χ0n) is 27.3. The van der Waals surface area contributed by atoms with E-state index in [0.717, 1.165) is 18.8 Å². The molecule has 0 amide bonds. The van der Waals surface area contributed by atoms with Gasteiger partial charge in [-0.2, -0.15) is 0 Å². The lowest BCUT2D eigenvalue weighted by Crippen LogP contribution is -2.05. The highest BCUT2D eigenvalue weighted by atomic mass is 16.5. The van der Waals surface area contributed by atoms with Crippen molar-refractivity contribution in [3.05, 3.63) is 12.2 Å². The SMILES string of the molecule is CCCCCCCCC=CCCCCCCCCCCCC(=O)OCCCCCCCCCCCCC(C)C. The molecule has 0 saturated heterocycles. The van der Waals surface area contributed by atoms with Crippen LogP contribution in [0, 0.1) is 5.92 Å². The Morgan fingerprint density at radius 3 is 1.36 bits per heavy atom. The Balaban J connectivity index is 3.19. The quantitative estimate of drug-likeness (QED) is 0.0474. The molecule has 0 aromatic carbocycles. The molecule has 0 N–H and O–H groups in total. The lowest BCUT2D eigenvalue weighted by molar-refractivity contribution is -0.143. The molecule has 0 spiro atoms. The normalized spacial score (nSPS) is 11.7. The zero-order chi connectivity index (χ0) is 28.5. The van der Waals surface area contributed by atoms with Crippen LogP contribution >= 0.6 is 0 Å². The minimum absolute atomic E-state index is 0.0218. The van der Waals surface area contributed by atoms with E-state index in [1.54, 1.807) is 0 Å². The second kappa shape index (κ2) is 33.4. The molecule has 2 nitrogen and oxygen atoms in total. The molecule has 2 heteroatoms. The number of unbranched alkanes of at least 4 members (excludes halogenated alkanes) is 24. The van der Waals surface area contributed by atoms with Crippen LogP contribution in [-0.2, 0) is 9.53 Å². The first kappa shape index (κ1) is 38.2. The molecule has 0 rings (SSSR count). The lowest BCUT2D eigenvalue weighted by Gasteiger charge is -2.06. The van der Waals surface area contributed by atoms with Crippen molar-refractivity contribution in [2.45, 2.75) is 207 Å². The molecule has 0 unspecified atom stereocenters. The van der Waals surface area contributed by atoms with Crippen molar-refractivity contribution in [3.8, 4) is 0 Å². The molecule has 0 fully saturated rings. The molecule has 0 atom stereocenters. The number of hydrogen-bond donors (Lipinski definition) is 0. The first-order valence-corrected chi connectivity index (χ1v) is 18.0. The predicted octanol–water partition coefficient (Wildman–Crippen LogP) is 13.1. The zero-order valence-corrected chi connectivity index (χ0v) is 27.3. The molecule has 0 aliphatic rings. The molecule has 0 heterocycles.